The lowest BCUT2D eigenvalue weighted by Crippen LogP contribution is -2.03. The predicted octanol–water partition coefficient (Wildman–Crippen LogP) is 1.69. The number of hydrogen-bond donors (Lipinski definition) is 1. The Morgan fingerprint density at radius 1 is 1.39 bits per heavy atom. The van der Waals surface area contributed by atoms with Crippen molar-refractivity contribution >= 4 is 0 Å². The first-order chi connectivity index (χ1) is 8.69. The summed E-state index contributed by atoms with van der Waals surface area (Å²) in [5, 5.41) is 4.22. The summed E-state index contributed by atoms with van der Waals surface area (Å²) < 4.78 is 15.5. The molecule has 0 aliphatic rings. The molecule has 1 heterocycles. The molecule has 92 valence electrons. The molecule has 1 aromatic heterocycles. The van der Waals surface area contributed by atoms with Crippen molar-refractivity contribution < 1.29 is 4.39 Å². The van der Waals surface area contributed by atoms with Gasteiger partial charge in [0.25, 0.3) is 0 Å². The monoisotopic (exact) mass is 243 g/mol. The molecule has 0 fully saturated rings. The van der Waals surface area contributed by atoms with Gasteiger partial charge in [-0.05, 0) is 25.1 Å². The highest BCUT2D eigenvalue weighted by molar-refractivity contribution is 5.37. The van der Waals surface area contributed by atoms with Gasteiger partial charge in [-0.15, -0.1) is 0 Å². The fraction of sp³-hybridized carbons (Fsp3) is 0.214. The van der Waals surface area contributed by atoms with Gasteiger partial charge in [0.05, 0.1) is 18.8 Å². The molecule has 0 bridgehead atoms. The molecule has 3 nitrogen and oxygen atoms in total. The minimum atomic E-state index is -0.271. The first-order valence-corrected chi connectivity index (χ1v) is 5.66. The van der Waals surface area contributed by atoms with Crippen LogP contribution in [0.3, 0.4) is 0 Å². The van der Waals surface area contributed by atoms with E-state index in [0.29, 0.717) is 17.7 Å². The largest absolute Gasteiger partial charge is 0.320 e. The molecular formula is C14H14FN3. The first kappa shape index (κ1) is 12.3. The zero-order valence-corrected chi connectivity index (χ0v) is 10.2. The molecule has 0 aliphatic carbocycles. The van der Waals surface area contributed by atoms with E-state index in [9.17, 15) is 4.39 Å². The molecule has 0 saturated heterocycles. The van der Waals surface area contributed by atoms with Crippen molar-refractivity contribution in [1.29, 1.82) is 0 Å². The van der Waals surface area contributed by atoms with Crippen LogP contribution in [0.4, 0.5) is 4.39 Å². The summed E-state index contributed by atoms with van der Waals surface area (Å²) in [6, 6.07) is 6.83. The fourth-order valence-electron chi connectivity index (χ4n) is 1.63. The Morgan fingerprint density at radius 3 is 2.83 bits per heavy atom. The van der Waals surface area contributed by atoms with Crippen molar-refractivity contribution in [3.63, 3.8) is 0 Å². The van der Waals surface area contributed by atoms with Crippen LogP contribution in [0.2, 0.25) is 0 Å². The van der Waals surface area contributed by atoms with Crippen molar-refractivity contribution in [1.82, 2.24) is 9.78 Å². The van der Waals surface area contributed by atoms with Gasteiger partial charge in [0.1, 0.15) is 5.82 Å². The van der Waals surface area contributed by atoms with Crippen LogP contribution in [0.1, 0.15) is 16.8 Å². The number of halogens is 1. The summed E-state index contributed by atoms with van der Waals surface area (Å²) in [6.07, 6.45) is 1.83. The van der Waals surface area contributed by atoms with E-state index in [1.54, 1.807) is 16.8 Å². The summed E-state index contributed by atoms with van der Waals surface area (Å²) in [4.78, 5) is 0. The number of benzene rings is 1. The van der Waals surface area contributed by atoms with Crippen molar-refractivity contribution in [3.8, 4) is 11.8 Å². The first-order valence-electron chi connectivity index (χ1n) is 5.66. The summed E-state index contributed by atoms with van der Waals surface area (Å²) in [5.74, 6) is 5.23. The molecule has 2 rings (SSSR count). The molecule has 0 saturated carbocycles. The van der Waals surface area contributed by atoms with Crippen molar-refractivity contribution in [2.45, 2.75) is 13.5 Å². The molecular weight excluding hydrogens is 229 g/mol. The minimum absolute atomic E-state index is 0.271. The number of hydrogen-bond acceptors (Lipinski definition) is 2. The zero-order valence-electron chi connectivity index (χ0n) is 10.2. The molecule has 2 N–H and O–H groups in total. The van der Waals surface area contributed by atoms with Gasteiger partial charge in [-0.2, -0.15) is 5.10 Å². The third kappa shape index (κ3) is 2.96. The van der Waals surface area contributed by atoms with Crippen LogP contribution >= 0.6 is 0 Å². The van der Waals surface area contributed by atoms with E-state index < -0.39 is 0 Å². The van der Waals surface area contributed by atoms with E-state index in [2.05, 4.69) is 16.9 Å². The van der Waals surface area contributed by atoms with Gasteiger partial charge in [0, 0.05) is 17.3 Å². The number of nitrogens with zero attached hydrogens (tertiary/aromatic N) is 2. The Balaban J connectivity index is 2.19. The lowest BCUT2D eigenvalue weighted by Gasteiger charge is -2.04. The molecule has 0 spiro atoms. The third-order valence-corrected chi connectivity index (χ3v) is 2.49. The van der Waals surface area contributed by atoms with Crippen LogP contribution in [0.15, 0.2) is 30.5 Å². The molecule has 18 heavy (non-hydrogen) atoms. The Labute approximate surface area is 105 Å². The Morgan fingerprint density at radius 2 is 2.22 bits per heavy atom. The quantitative estimate of drug-likeness (QED) is 0.816. The fourth-order valence-corrected chi connectivity index (χ4v) is 1.63. The predicted molar refractivity (Wildman–Crippen MR) is 68.4 cm³/mol. The summed E-state index contributed by atoms with van der Waals surface area (Å²) in [7, 11) is 0. The van der Waals surface area contributed by atoms with Crippen LogP contribution in [0.25, 0.3) is 0 Å². The maximum absolute atomic E-state index is 13.8. The van der Waals surface area contributed by atoms with Gasteiger partial charge < -0.3 is 5.73 Å². The van der Waals surface area contributed by atoms with E-state index in [1.807, 2.05) is 19.2 Å². The maximum Gasteiger partial charge on any atom is 0.129 e. The number of aromatic nitrogens is 2. The second-order valence-corrected chi connectivity index (χ2v) is 3.97. The molecule has 0 amide bonds. The van der Waals surface area contributed by atoms with Crippen molar-refractivity contribution in [2.75, 3.05) is 6.54 Å². The van der Waals surface area contributed by atoms with Crippen molar-refractivity contribution in [3.05, 3.63) is 53.1 Å². The summed E-state index contributed by atoms with van der Waals surface area (Å²) in [5.41, 5.74) is 7.42. The Hall–Kier alpha value is -2.12. The maximum atomic E-state index is 13.8. The lowest BCUT2D eigenvalue weighted by atomic mass is 10.1. The van der Waals surface area contributed by atoms with Crippen LogP contribution < -0.4 is 5.73 Å². The Bertz CT molecular complexity index is 605. The molecule has 0 radical (unpaired) electrons. The van der Waals surface area contributed by atoms with Gasteiger partial charge in [-0.3, -0.25) is 4.68 Å². The molecule has 4 heteroatoms. The summed E-state index contributed by atoms with van der Waals surface area (Å²) in [6.45, 7) is 2.60. The van der Waals surface area contributed by atoms with Gasteiger partial charge in [0.15, 0.2) is 0 Å². The van der Waals surface area contributed by atoms with E-state index in [-0.39, 0.29) is 12.4 Å². The van der Waals surface area contributed by atoms with Gasteiger partial charge in [0.2, 0.25) is 0 Å². The standard InChI is InChI=1S/C14H14FN3/c1-11-6-8-18(17-11)10-13-5-4-12(3-2-7-16)9-14(13)15/h4-6,8-9H,7,10,16H2,1H3. The molecule has 2 aromatic rings. The zero-order chi connectivity index (χ0) is 13.0. The van der Waals surface area contributed by atoms with Crippen LogP contribution in [0.5, 0.6) is 0 Å². The van der Waals surface area contributed by atoms with E-state index in [0.717, 1.165) is 5.69 Å². The highest BCUT2D eigenvalue weighted by atomic mass is 19.1. The SMILES string of the molecule is Cc1ccn(Cc2ccc(C#CCN)cc2F)n1. The van der Waals surface area contributed by atoms with E-state index in [1.165, 1.54) is 6.07 Å². The van der Waals surface area contributed by atoms with Crippen LogP contribution in [-0.2, 0) is 6.54 Å². The second-order valence-electron chi connectivity index (χ2n) is 3.97. The minimum Gasteiger partial charge on any atom is -0.320 e. The summed E-state index contributed by atoms with van der Waals surface area (Å²) >= 11 is 0. The van der Waals surface area contributed by atoms with Gasteiger partial charge in [-0.1, -0.05) is 17.9 Å². The number of aryl methyl sites for hydroxylation is 1. The van der Waals surface area contributed by atoms with Gasteiger partial charge in [-0.25, -0.2) is 4.39 Å². The average molecular weight is 243 g/mol. The number of nitrogens with two attached hydrogens (primary N) is 1. The normalized spacial score (nSPS) is 9.94. The molecule has 1 aromatic carbocycles. The van der Waals surface area contributed by atoms with E-state index in [4.69, 9.17) is 5.73 Å². The molecule has 0 unspecified atom stereocenters. The smallest absolute Gasteiger partial charge is 0.129 e. The van der Waals surface area contributed by atoms with Crippen LogP contribution in [-0.4, -0.2) is 16.3 Å². The molecule has 0 atom stereocenters. The molecule has 0 aliphatic heterocycles. The van der Waals surface area contributed by atoms with Crippen molar-refractivity contribution in [2.24, 2.45) is 5.73 Å². The van der Waals surface area contributed by atoms with Gasteiger partial charge >= 0.3 is 0 Å². The van der Waals surface area contributed by atoms with Crippen LogP contribution in [0, 0.1) is 24.6 Å². The second kappa shape index (κ2) is 5.48. The topological polar surface area (TPSA) is 43.8 Å². The highest BCUT2D eigenvalue weighted by Crippen LogP contribution is 2.11. The lowest BCUT2D eigenvalue weighted by molar-refractivity contribution is 0.583. The average Bonchev–Trinajstić information content (AvgIpc) is 2.75. The third-order valence-electron chi connectivity index (χ3n) is 2.49. The Kier molecular flexibility index (Phi) is 3.75. The highest BCUT2D eigenvalue weighted by Gasteiger charge is 2.04. The van der Waals surface area contributed by atoms with E-state index >= 15 is 0 Å². The number of rotatable bonds is 2.